The molecule has 166 valence electrons. The molecule has 0 bridgehead atoms. The molecule has 0 radical (unpaired) electrons. The number of aromatic nitrogens is 2. The Labute approximate surface area is 186 Å². The Kier molecular flexibility index (Phi) is 7.35. The van der Waals surface area contributed by atoms with Crippen molar-refractivity contribution in [3.63, 3.8) is 0 Å². The van der Waals surface area contributed by atoms with Crippen LogP contribution in [0.2, 0.25) is 5.28 Å². The average Bonchev–Trinajstić information content (AvgIpc) is 2.60. The molecule has 3 N–H and O–H groups in total. The highest BCUT2D eigenvalue weighted by atomic mass is 35.5. The van der Waals surface area contributed by atoms with Crippen LogP contribution in [0.4, 0.5) is 26.8 Å². The molecule has 0 saturated carbocycles. The number of nitrogens with one attached hydrogen (secondary N) is 1. The smallest absolute Gasteiger partial charge is 0.443 e. The summed E-state index contributed by atoms with van der Waals surface area (Å²) in [5, 5.41) is 9.02. The van der Waals surface area contributed by atoms with Crippen molar-refractivity contribution in [1.29, 1.82) is 5.41 Å². The summed E-state index contributed by atoms with van der Waals surface area (Å²) < 4.78 is 10.8. The first-order chi connectivity index (χ1) is 14.3. The minimum atomic E-state index is -0.749. The molecule has 2 rings (SSSR count). The molecule has 1 heterocycles. The van der Waals surface area contributed by atoms with Gasteiger partial charge in [0.1, 0.15) is 22.7 Å². The van der Waals surface area contributed by atoms with Gasteiger partial charge in [-0.3, -0.25) is 0 Å². The van der Waals surface area contributed by atoms with Crippen LogP contribution in [0.3, 0.4) is 0 Å². The highest BCUT2D eigenvalue weighted by Gasteiger charge is 2.28. The van der Waals surface area contributed by atoms with Gasteiger partial charge in [-0.1, -0.05) is 0 Å². The fraction of sp³-hybridized carbons (Fsp3) is 0.381. The van der Waals surface area contributed by atoms with Gasteiger partial charge >= 0.3 is 12.2 Å². The summed E-state index contributed by atoms with van der Waals surface area (Å²) in [6, 6.07) is 6.31. The van der Waals surface area contributed by atoms with Gasteiger partial charge in [-0.2, -0.15) is 9.78 Å². The number of hydrogen-bond donors (Lipinski definition) is 2. The van der Waals surface area contributed by atoms with Gasteiger partial charge in [0.25, 0.3) is 0 Å². The van der Waals surface area contributed by atoms with Crippen molar-refractivity contribution in [3.05, 3.63) is 41.3 Å². The summed E-state index contributed by atoms with van der Waals surface area (Å²) >= 11 is 5.91. The number of amides is 2. The molecule has 0 spiro atoms. The Morgan fingerprint density at radius 2 is 1.74 bits per heavy atom. The van der Waals surface area contributed by atoms with E-state index < -0.39 is 23.4 Å². The number of nitrogens with zero attached hydrogens (tertiary/aromatic N) is 3. The van der Waals surface area contributed by atoms with Crippen LogP contribution >= 0.6 is 11.6 Å². The van der Waals surface area contributed by atoms with E-state index in [9.17, 15) is 9.59 Å². The number of carbonyl (C=O) groups is 2. The fourth-order valence-corrected chi connectivity index (χ4v) is 2.65. The molecule has 1 aromatic carbocycles. The molecule has 1 aromatic heterocycles. The van der Waals surface area contributed by atoms with E-state index >= 15 is 0 Å². The maximum Gasteiger partial charge on any atom is 0.518 e. The van der Waals surface area contributed by atoms with Crippen molar-refractivity contribution in [1.82, 2.24) is 9.97 Å². The maximum atomic E-state index is 13.0. The van der Waals surface area contributed by atoms with E-state index in [1.54, 1.807) is 59.7 Å². The Morgan fingerprint density at radius 1 is 1.10 bits per heavy atom. The quantitative estimate of drug-likeness (QED) is 0.407. The van der Waals surface area contributed by atoms with Crippen LogP contribution in [0.1, 0.15) is 47.1 Å². The van der Waals surface area contributed by atoms with Crippen LogP contribution in [0.25, 0.3) is 0 Å². The van der Waals surface area contributed by atoms with Gasteiger partial charge in [-0.15, -0.1) is 0 Å². The van der Waals surface area contributed by atoms with Crippen LogP contribution in [0, 0.1) is 5.41 Å². The molecule has 0 saturated heterocycles. The first-order valence-electron chi connectivity index (χ1n) is 9.53. The number of primary amides is 1. The summed E-state index contributed by atoms with van der Waals surface area (Å²) in [7, 11) is 0. The zero-order valence-electron chi connectivity index (χ0n) is 18.4. The number of ether oxygens (including phenoxy) is 2. The summed E-state index contributed by atoms with van der Waals surface area (Å²) in [6.45, 7) is 10.6. The van der Waals surface area contributed by atoms with Crippen LogP contribution < -0.4 is 10.2 Å². The lowest BCUT2D eigenvalue weighted by atomic mass is 10.1. The summed E-state index contributed by atoms with van der Waals surface area (Å²) in [5.41, 5.74) is -0.141. The van der Waals surface area contributed by atoms with Gasteiger partial charge in [0.2, 0.25) is 5.28 Å². The van der Waals surface area contributed by atoms with Crippen LogP contribution in [-0.2, 0) is 9.47 Å². The third-order valence-electron chi connectivity index (χ3n) is 3.58. The second-order valence-electron chi connectivity index (χ2n) is 8.63. The molecule has 2 amide bonds. The van der Waals surface area contributed by atoms with Gasteiger partial charge in [-0.05, 0) is 65.3 Å². The van der Waals surface area contributed by atoms with E-state index in [1.165, 1.54) is 22.5 Å². The van der Waals surface area contributed by atoms with Crippen LogP contribution in [0.5, 0.6) is 0 Å². The van der Waals surface area contributed by atoms with Crippen molar-refractivity contribution >= 4 is 47.2 Å². The van der Waals surface area contributed by atoms with E-state index in [4.69, 9.17) is 26.5 Å². The van der Waals surface area contributed by atoms with Crippen molar-refractivity contribution in [2.45, 2.75) is 52.7 Å². The largest absolute Gasteiger partial charge is 0.518 e. The molecule has 0 aliphatic rings. The molecule has 0 aliphatic heterocycles. The topological polar surface area (TPSA) is 122 Å². The van der Waals surface area contributed by atoms with Crippen molar-refractivity contribution in [2.24, 2.45) is 0 Å². The summed E-state index contributed by atoms with van der Waals surface area (Å²) in [5.74, 6) is 0.203. The fourth-order valence-electron chi connectivity index (χ4n) is 2.51. The summed E-state index contributed by atoms with van der Waals surface area (Å²) in [6.07, 6.45) is 1.29. The number of rotatable bonds is 4. The van der Waals surface area contributed by atoms with Crippen LogP contribution in [-0.4, -0.2) is 39.6 Å². The molecule has 0 unspecified atom stereocenters. The van der Waals surface area contributed by atoms with E-state index in [0.717, 1.165) is 6.21 Å². The average molecular weight is 449 g/mol. The lowest BCUT2D eigenvalue weighted by molar-refractivity contribution is -0.486. The van der Waals surface area contributed by atoms with E-state index in [-0.39, 0.29) is 11.1 Å². The molecular formula is C21H27ClN5O4+. The SMILES string of the molecule is CC(C)(C)OC(=O)[NH2+]c1ccc(N(C(=O)OC(C)(C)C)c2ccnc(Cl)n2)cc1C=N. The molecule has 0 aliphatic carbocycles. The number of hydrogen-bond acceptors (Lipinski definition) is 7. The molecule has 0 atom stereocenters. The molecule has 10 heteroatoms. The zero-order valence-corrected chi connectivity index (χ0v) is 19.1. The first kappa shape index (κ1) is 24.2. The number of benzene rings is 1. The molecule has 31 heavy (non-hydrogen) atoms. The molecule has 0 fully saturated rings. The Morgan fingerprint density at radius 3 is 2.29 bits per heavy atom. The second-order valence-corrected chi connectivity index (χ2v) is 8.97. The number of quaternary nitrogens is 1. The highest BCUT2D eigenvalue weighted by molar-refractivity contribution is 6.28. The molecular weight excluding hydrogens is 422 g/mol. The lowest BCUT2D eigenvalue weighted by Gasteiger charge is -2.27. The van der Waals surface area contributed by atoms with Gasteiger partial charge in [0, 0.05) is 24.5 Å². The lowest BCUT2D eigenvalue weighted by Crippen LogP contribution is -2.83. The number of nitrogens with two attached hydrogens (primary N) is 1. The predicted octanol–water partition coefficient (Wildman–Crippen LogP) is 4.33. The highest BCUT2D eigenvalue weighted by Crippen LogP contribution is 2.29. The van der Waals surface area contributed by atoms with Gasteiger partial charge in [0.05, 0.1) is 11.3 Å². The van der Waals surface area contributed by atoms with E-state index in [2.05, 4.69) is 9.97 Å². The monoisotopic (exact) mass is 448 g/mol. The van der Waals surface area contributed by atoms with E-state index in [0.29, 0.717) is 16.9 Å². The number of anilines is 2. The second kappa shape index (κ2) is 9.40. The third kappa shape index (κ3) is 7.30. The van der Waals surface area contributed by atoms with Crippen molar-refractivity contribution in [2.75, 3.05) is 4.90 Å². The first-order valence-corrected chi connectivity index (χ1v) is 9.91. The Balaban J connectivity index is 2.45. The Hall–Kier alpha value is -3.04. The summed E-state index contributed by atoms with van der Waals surface area (Å²) in [4.78, 5) is 34.3. The van der Waals surface area contributed by atoms with Gasteiger partial charge in [0.15, 0.2) is 0 Å². The third-order valence-corrected chi connectivity index (χ3v) is 3.76. The number of carbonyl (C=O) groups excluding carboxylic acids is 2. The van der Waals surface area contributed by atoms with Gasteiger partial charge in [-0.25, -0.2) is 20.0 Å². The standard InChI is InChI=1S/C21H26ClN5O4/c1-20(2,3)30-18(28)25-15-8-7-14(11-13(15)12-23)27(19(29)31-21(4,5)6)16-9-10-24-17(22)26-16/h7-12,23H,1-6H3,(H,25,28)/p+1. The molecule has 9 nitrogen and oxygen atoms in total. The van der Waals surface area contributed by atoms with Crippen molar-refractivity contribution < 1.29 is 24.4 Å². The Bertz CT molecular complexity index is 982. The van der Waals surface area contributed by atoms with Gasteiger partial charge < -0.3 is 14.9 Å². The minimum Gasteiger partial charge on any atom is -0.443 e. The zero-order chi connectivity index (χ0) is 23.4. The van der Waals surface area contributed by atoms with Crippen LogP contribution in [0.15, 0.2) is 30.5 Å². The van der Waals surface area contributed by atoms with E-state index in [1.807, 2.05) is 0 Å². The maximum absolute atomic E-state index is 13.0. The van der Waals surface area contributed by atoms with Crippen molar-refractivity contribution in [3.8, 4) is 0 Å². The number of halogens is 1. The molecule has 2 aromatic rings. The normalized spacial score (nSPS) is 11.6. The minimum absolute atomic E-state index is 0.0341. The predicted molar refractivity (Wildman–Crippen MR) is 118 cm³/mol.